The van der Waals surface area contributed by atoms with E-state index in [0.29, 0.717) is 5.16 Å². The van der Waals surface area contributed by atoms with Gasteiger partial charge in [-0.2, -0.15) is 5.26 Å². The van der Waals surface area contributed by atoms with E-state index in [4.69, 9.17) is 0 Å². The van der Waals surface area contributed by atoms with Gasteiger partial charge < -0.3 is 5.32 Å². The van der Waals surface area contributed by atoms with Gasteiger partial charge in [-0.25, -0.2) is 4.98 Å². The molecule has 1 aromatic heterocycles. The van der Waals surface area contributed by atoms with E-state index < -0.39 is 5.54 Å². The lowest BCUT2D eigenvalue weighted by Gasteiger charge is -2.32. The van der Waals surface area contributed by atoms with Crippen molar-refractivity contribution >= 4 is 17.7 Å². The van der Waals surface area contributed by atoms with Crippen molar-refractivity contribution in [3.8, 4) is 6.07 Å². The minimum Gasteiger partial charge on any atom is -0.337 e. The monoisotopic (exact) mass is 375 g/mol. The molecule has 0 spiro atoms. The average molecular weight is 376 g/mol. The van der Waals surface area contributed by atoms with Crippen LogP contribution in [0.5, 0.6) is 0 Å². The molecule has 1 atom stereocenters. The maximum absolute atomic E-state index is 12.5. The van der Waals surface area contributed by atoms with Crippen molar-refractivity contribution < 1.29 is 4.79 Å². The smallest absolute Gasteiger partial charge is 0.234 e. The second-order valence-corrected chi connectivity index (χ2v) is 9.07. The first kappa shape index (κ1) is 19.2. The van der Waals surface area contributed by atoms with Crippen LogP contribution in [0.4, 0.5) is 0 Å². The third-order valence-corrected chi connectivity index (χ3v) is 6.67. The molecule has 1 heterocycles. The fraction of sp³-hybridized carbons (Fsp3) is 0.789. The number of hydrogen-bond donors (Lipinski definition) is 2. The van der Waals surface area contributed by atoms with Crippen molar-refractivity contribution in [3.05, 3.63) is 5.82 Å². The quantitative estimate of drug-likeness (QED) is 0.708. The van der Waals surface area contributed by atoms with Crippen LogP contribution in [0, 0.1) is 17.2 Å². The van der Waals surface area contributed by atoms with Gasteiger partial charge in [0.1, 0.15) is 11.4 Å². The molecule has 2 aliphatic rings. The second kappa shape index (κ2) is 8.90. The predicted octanol–water partition coefficient (Wildman–Crippen LogP) is 3.75. The Balaban J connectivity index is 1.48. The lowest BCUT2D eigenvalue weighted by molar-refractivity contribution is -0.121. The SMILES string of the molecule is CC(Sc1n[nH]c(CCC2CCCC2)n1)C(=O)NC1(C#N)CCCCC1. The Labute approximate surface area is 159 Å². The molecule has 1 aromatic rings. The molecular formula is C19H29N5OS. The number of nitriles is 1. The Kier molecular flexibility index (Phi) is 6.58. The lowest BCUT2D eigenvalue weighted by atomic mass is 9.83. The van der Waals surface area contributed by atoms with Crippen molar-refractivity contribution in [3.63, 3.8) is 0 Å². The normalized spacial score (nSPS) is 21.2. The first-order chi connectivity index (χ1) is 12.6. The highest BCUT2D eigenvalue weighted by molar-refractivity contribution is 8.00. The van der Waals surface area contributed by atoms with Gasteiger partial charge in [0.15, 0.2) is 0 Å². The maximum atomic E-state index is 12.5. The minimum atomic E-state index is -0.685. The molecule has 0 bridgehead atoms. The molecule has 2 N–H and O–H groups in total. The summed E-state index contributed by atoms with van der Waals surface area (Å²) in [6, 6.07) is 2.34. The Morgan fingerprint density at radius 2 is 2.08 bits per heavy atom. The first-order valence-electron chi connectivity index (χ1n) is 9.91. The molecule has 2 aliphatic carbocycles. The number of aromatic amines is 1. The fourth-order valence-electron chi connectivity index (χ4n) is 4.05. The zero-order valence-corrected chi connectivity index (χ0v) is 16.4. The number of rotatable bonds is 7. The van der Waals surface area contributed by atoms with E-state index in [1.54, 1.807) is 0 Å². The number of H-pyrrole nitrogens is 1. The van der Waals surface area contributed by atoms with E-state index in [1.807, 2.05) is 6.92 Å². The number of hydrogen-bond acceptors (Lipinski definition) is 5. The summed E-state index contributed by atoms with van der Waals surface area (Å²) in [6.07, 6.45) is 12.1. The van der Waals surface area contributed by atoms with Crippen LogP contribution in [-0.4, -0.2) is 31.9 Å². The summed E-state index contributed by atoms with van der Waals surface area (Å²) in [6.45, 7) is 1.85. The first-order valence-corrected chi connectivity index (χ1v) is 10.8. The van der Waals surface area contributed by atoms with Gasteiger partial charge in [0, 0.05) is 6.42 Å². The number of thioether (sulfide) groups is 1. The van der Waals surface area contributed by atoms with E-state index in [2.05, 4.69) is 26.6 Å². The van der Waals surface area contributed by atoms with Gasteiger partial charge in [0.05, 0.1) is 11.3 Å². The molecule has 7 heteroatoms. The molecule has 26 heavy (non-hydrogen) atoms. The minimum absolute atomic E-state index is 0.101. The molecular weight excluding hydrogens is 346 g/mol. The van der Waals surface area contributed by atoms with Gasteiger partial charge in [-0.1, -0.05) is 56.7 Å². The molecule has 3 rings (SSSR count). The van der Waals surface area contributed by atoms with Crippen LogP contribution in [0.3, 0.4) is 0 Å². The predicted molar refractivity (Wildman–Crippen MR) is 102 cm³/mol. The third-order valence-electron chi connectivity index (χ3n) is 5.71. The molecule has 2 saturated carbocycles. The topological polar surface area (TPSA) is 94.5 Å². The number of amides is 1. The molecule has 2 fully saturated rings. The average Bonchev–Trinajstić information content (AvgIpc) is 3.32. The van der Waals surface area contributed by atoms with Crippen LogP contribution >= 0.6 is 11.8 Å². The number of carbonyl (C=O) groups excluding carboxylic acids is 1. The number of carbonyl (C=O) groups is 1. The molecule has 0 aliphatic heterocycles. The molecule has 0 saturated heterocycles. The van der Waals surface area contributed by atoms with Crippen molar-refractivity contribution in [2.24, 2.45) is 5.92 Å². The van der Waals surface area contributed by atoms with Crippen molar-refractivity contribution in [1.82, 2.24) is 20.5 Å². The van der Waals surface area contributed by atoms with E-state index in [1.165, 1.54) is 43.9 Å². The van der Waals surface area contributed by atoms with Crippen LogP contribution in [0.25, 0.3) is 0 Å². The van der Waals surface area contributed by atoms with Crippen LogP contribution in [0.2, 0.25) is 0 Å². The zero-order chi connectivity index (χ0) is 18.4. The van der Waals surface area contributed by atoms with Gasteiger partial charge in [-0.15, -0.1) is 5.10 Å². The maximum Gasteiger partial charge on any atom is 0.234 e. The summed E-state index contributed by atoms with van der Waals surface area (Å²) in [5.41, 5.74) is -0.685. The summed E-state index contributed by atoms with van der Waals surface area (Å²) in [4.78, 5) is 17.1. The van der Waals surface area contributed by atoms with Gasteiger partial charge in [0.2, 0.25) is 11.1 Å². The second-order valence-electron chi connectivity index (χ2n) is 7.76. The van der Waals surface area contributed by atoms with Crippen molar-refractivity contribution in [2.75, 3.05) is 0 Å². The van der Waals surface area contributed by atoms with Crippen molar-refractivity contribution in [2.45, 2.75) is 93.5 Å². The molecule has 142 valence electrons. The third kappa shape index (κ3) is 5.00. The summed E-state index contributed by atoms with van der Waals surface area (Å²) >= 11 is 1.35. The molecule has 0 radical (unpaired) electrons. The van der Waals surface area contributed by atoms with Crippen LogP contribution in [-0.2, 0) is 11.2 Å². The van der Waals surface area contributed by atoms with Gasteiger partial charge in [-0.3, -0.25) is 9.89 Å². The standard InChI is InChI=1S/C19H29N5OS/c1-14(17(25)22-19(13-20)11-5-2-6-12-19)26-18-21-16(23-24-18)10-9-15-7-3-4-8-15/h14-15H,2-12H2,1H3,(H,22,25)(H,21,23,24). The summed E-state index contributed by atoms with van der Waals surface area (Å²) in [7, 11) is 0. The van der Waals surface area contributed by atoms with E-state index in [9.17, 15) is 10.1 Å². The van der Waals surface area contributed by atoms with E-state index in [0.717, 1.165) is 50.3 Å². The molecule has 1 unspecified atom stereocenters. The van der Waals surface area contributed by atoms with Crippen LogP contribution < -0.4 is 5.32 Å². The van der Waals surface area contributed by atoms with Gasteiger partial charge >= 0.3 is 0 Å². The fourth-order valence-corrected chi connectivity index (χ4v) is 4.79. The molecule has 0 aromatic carbocycles. The Hall–Kier alpha value is -1.55. The number of aromatic nitrogens is 3. The molecule has 6 nitrogen and oxygen atoms in total. The summed E-state index contributed by atoms with van der Waals surface area (Å²) in [5.74, 6) is 1.64. The summed E-state index contributed by atoms with van der Waals surface area (Å²) in [5, 5.41) is 20.1. The van der Waals surface area contributed by atoms with Crippen LogP contribution in [0.15, 0.2) is 5.16 Å². The summed E-state index contributed by atoms with van der Waals surface area (Å²) < 4.78 is 0. The van der Waals surface area contributed by atoms with Gasteiger partial charge in [0.25, 0.3) is 0 Å². The van der Waals surface area contributed by atoms with E-state index in [-0.39, 0.29) is 11.2 Å². The number of aryl methyl sites for hydroxylation is 1. The van der Waals surface area contributed by atoms with Crippen LogP contribution in [0.1, 0.15) is 77.0 Å². The number of nitrogens with zero attached hydrogens (tertiary/aromatic N) is 3. The van der Waals surface area contributed by atoms with Crippen molar-refractivity contribution in [1.29, 1.82) is 5.26 Å². The highest BCUT2D eigenvalue weighted by Gasteiger charge is 2.35. The molecule has 1 amide bonds. The largest absolute Gasteiger partial charge is 0.337 e. The Morgan fingerprint density at radius 3 is 2.77 bits per heavy atom. The van der Waals surface area contributed by atoms with E-state index >= 15 is 0 Å². The Bertz CT molecular complexity index is 641. The highest BCUT2D eigenvalue weighted by Crippen LogP contribution is 2.30. The zero-order valence-electron chi connectivity index (χ0n) is 15.6. The highest BCUT2D eigenvalue weighted by atomic mass is 32.2. The lowest BCUT2D eigenvalue weighted by Crippen LogP contribution is -2.50. The van der Waals surface area contributed by atoms with Gasteiger partial charge in [-0.05, 0) is 32.1 Å². The number of nitrogens with one attached hydrogen (secondary N) is 2. The Morgan fingerprint density at radius 1 is 1.35 bits per heavy atom.